The summed E-state index contributed by atoms with van der Waals surface area (Å²) in [4.78, 5) is 23.8. The number of ether oxygens (including phenoxy) is 3. The van der Waals surface area contributed by atoms with Crippen molar-refractivity contribution in [2.24, 2.45) is 0 Å². The van der Waals surface area contributed by atoms with Crippen molar-refractivity contribution in [3.63, 3.8) is 0 Å². The number of hydrogen-bond donors (Lipinski definition) is 2. The van der Waals surface area contributed by atoms with Crippen molar-refractivity contribution in [2.75, 3.05) is 18.5 Å². The third-order valence-electron chi connectivity index (χ3n) is 4.47. The molecule has 2 N–H and O–H groups in total. The molecular weight excluding hydrogens is 367 g/mol. The van der Waals surface area contributed by atoms with Gasteiger partial charge in [-0.3, -0.25) is 9.59 Å². The van der Waals surface area contributed by atoms with E-state index in [1.54, 1.807) is 24.3 Å². The number of rotatable bonds is 5. The van der Waals surface area contributed by atoms with Crippen LogP contribution in [-0.4, -0.2) is 31.1 Å². The average molecular weight is 386 g/mol. The van der Waals surface area contributed by atoms with Crippen molar-refractivity contribution in [3.8, 4) is 17.2 Å². The molecule has 146 valence electrons. The summed E-state index contributed by atoms with van der Waals surface area (Å²) in [6, 6.07) is 8.78. The van der Waals surface area contributed by atoms with Crippen LogP contribution < -0.4 is 24.8 Å². The lowest BCUT2D eigenvalue weighted by Crippen LogP contribution is -2.37. The van der Waals surface area contributed by atoms with Gasteiger partial charge in [0, 0.05) is 12.5 Å². The van der Waals surface area contributed by atoms with E-state index in [1.807, 2.05) is 0 Å². The summed E-state index contributed by atoms with van der Waals surface area (Å²) in [7, 11) is 0. The molecule has 2 heterocycles. The topological polar surface area (TPSA) is 85.9 Å². The maximum absolute atomic E-state index is 13.3. The molecule has 0 aliphatic carbocycles. The van der Waals surface area contributed by atoms with Crippen LogP contribution in [0.15, 0.2) is 36.4 Å². The Hall–Kier alpha value is -3.29. The highest BCUT2D eigenvalue weighted by molar-refractivity contribution is 6.00. The lowest BCUT2D eigenvalue weighted by Gasteiger charge is -2.23. The fourth-order valence-electron chi connectivity index (χ4n) is 3.14. The highest BCUT2D eigenvalue weighted by Gasteiger charge is 2.28. The predicted molar refractivity (Wildman–Crippen MR) is 98.0 cm³/mol. The molecule has 2 aliphatic heterocycles. The van der Waals surface area contributed by atoms with Gasteiger partial charge in [-0.25, -0.2) is 4.39 Å². The van der Waals surface area contributed by atoms with Crippen LogP contribution in [0.2, 0.25) is 0 Å². The van der Waals surface area contributed by atoms with Crippen molar-refractivity contribution in [1.29, 1.82) is 0 Å². The first kappa shape index (κ1) is 18.1. The number of carbonyl (C=O) groups is 2. The molecule has 7 nitrogen and oxygen atoms in total. The third-order valence-corrected chi connectivity index (χ3v) is 4.47. The number of anilines is 1. The zero-order valence-electron chi connectivity index (χ0n) is 15.0. The van der Waals surface area contributed by atoms with E-state index in [4.69, 9.17) is 14.2 Å². The van der Waals surface area contributed by atoms with Gasteiger partial charge in [0.25, 0.3) is 0 Å². The molecule has 0 saturated carbocycles. The number of benzene rings is 2. The van der Waals surface area contributed by atoms with E-state index in [0.717, 1.165) is 5.56 Å². The minimum atomic E-state index is -0.570. The van der Waals surface area contributed by atoms with Crippen LogP contribution in [0.1, 0.15) is 18.4 Å². The van der Waals surface area contributed by atoms with E-state index in [1.165, 1.54) is 12.1 Å². The lowest BCUT2D eigenvalue weighted by molar-refractivity contribution is -0.122. The fourth-order valence-corrected chi connectivity index (χ4v) is 3.14. The second-order valence-corrected chi connectivity index (χ2v) is 6.56. The Morgan fingerprint density at radius 2 is 2.11 bits per heavy atom. The highest BCUT2D eigenvalue weighted by atomic mass is 19.1. The van der Waals surface area contributed by atoms with Crippen LogP contribution in [0, 0.1) is 5.82 Å². The van der Waals surface area contributed by atoms with Gasteiger partial charge in [0.1, 0.15) is 37.4 Å². The zero-order valence-corrected chi connectivity index (χ0v) is 15.0. The summed E-state index contributed by atoms with van der Waals surface area (Å²) in [5.74, 6) is 0.501. The molecular formula is C20H19FN2O5. The SMILES string of the molecule is O=C1CCC(C(=O)Nc2cc(COc3cccc(F)c3)cc3c2OCCO3)N1. The third kappa shape index (κ3) is 4.00. The number of amides is 2. The standard InChI is InChI=1S/C20H19FN2O5/c21-13-2-1-3-14(10-13)28-11-12-8-16(19-17(9-12)26-6-7-27-19)23-20(25)15-4-5-18(24)22-15/h1-3,8-10,15H,4-7,11H2,(H,22,24)(H,23,25). The first-order valence-corrected chi connectivity index (χ1v) is 8.99. The largest absolute Gasteiger partial charge is 0.489 e. The van der Waals surface area contributed by atoms with Gasteiger partial charge < -0.3 is 24.8 Å². The second kappa shape index (κ2) is 7.75. The van der Waals surface area contributed by atoms with Gasteiger partial charge in [-0.1, -0.05) is 6.07 Å². The van der Waals surface area contributed by atoms with E-state index < -0.39 is 6.04 Å². The van der Waals surface area contributed by atoms with E-state index >= 15 is 0 Å². The molecule has 0 aromatic heterocycles. The van der Waals surface area contributed by atoms with E-state index in [9.17, 15) is 14.0 Å². The molecule has 8 heteroatoms. The summed E-state index contributed by atoms with van der Waals surface area (Å²) in [6.07, 6.45) is 0.782. The van der Waals surface area contributed by atoms with Crippen LogP contribution in [-0.2, 0) is 16.2 Å². The van der Waals surface area contributed by atoms with Gasteiger partial charge in [0.05, 0.1) is 5.69 Å². The molecule has 2 aromatic rings. The molecule has 1 atom stereocenters. The number of carbonyl (C=O) groups excluding carboxylic acids is 2. The Morgan fingerprint density at radius 1 is 1.25 bits per heavy atom. The number of halogens is 1. The summed E-state index contributed by atoms with van der Waals surface area (Å²) >= 11 is 0. The van der Waals surface area contributed by atoms with Gasteiger partial charge in [0.2, 0.25) is 11.8 Å². The Kier molecular flexibility index (Phi) is 5.01. The minimum absolute atomic E-state index is 0.140. The highest BCUT2D eigenvalue weighted by Crippen LogP contribution is 2.39. The Bertz CT molecular complexity index is 917. The van der Waals surface area contributed by atoms with E-state index in [2.05, 4.69) is 10.6 Å². The van der Waals surface area contributed by atoms with Crippen LogP contribution in [0.25, 0.3) is 0 Å². The molecule has 1 unspecified atom stereocenters. The van der Waals surface area contributed by atoms with Gasteiger partial charge in [-0.05, 0) is 36.2 Å². The summed E-state index contributed by atoms with van der Waals surface area (Å²) < 4.78 is 30.2. The van der Waals surface area contributed by atoms with Crippen LogP contribution in [0.3, 0.4) is 0 Å². The smallest absolute Gasteiger partial charge is 0.247 e. The van der Waals surface area contributed by atoms with Gasteiger partial charge in [-0.15, -0.1) is 0 Å². The fraction of sp³-hybridized carbons (Fsp3) is 0.300. The Morgan fingerprint density at radius 3 is 2.89 bits per heavy atom. The van der Waals surface area contributed by atoms with E-state index in [-0.39, 0.29) is 24.2 Å². The maximum Gasteiger partial charge on any atom is 0.247 e. The van der Waals surface area contributed by atoms with E-state index in [0.29, 0.717) is 49.0 Å². The lowest BCUT2D eigenvalue weighted by atomic mass is 10.1. The Labute approximate surface area is 160 Å². The number of fused-ring (bicyclic) bond motifs is 1. The molecule has 2 amide bonds. The van der Waals surface area contributed by atoms with Crippen molar-refractivity contribution in [3.05, 3.63) is 47.8 Å². The van der Waals surface area contributed by atoms with Crippen molar-refractivity contribution in [2.45, 2.75) is 25.5 Å². The molecule has 0 bridgehead atoms. The Balaban J connectivity index is 1.53. The summed E-state index contributed by atoms with van der Waals surface area (Å²) in [5.41, 5.74) is 1.17. The molecule has 1 saturated heterocycles. The molecule has 2 aromatic carbocycles. The van der Waals surface area contributed by atoms with Crippen LogP contribution in [0.5, 0.6) is 17.2 Å². The number of nitrogens with one attached hydrogen (secondary N) is 2. The summed E-state index contributed by atoms with van der Waals surface area (Å²) in [5, 5.41) is 5.44. The predicted octanol–water partition coefficient (Wildman–Crippen LogP) is 2.39. The molecule has 0 spiro atoms. The molecule has 2 aliphatic rings. The quantitative estimate of drug-likeness (QED) is 0.824. The van der Waals surface area contributed by atoms with Crippen molar-refractivity contribution < 1.29 is 28.2 Å². The monoisotopic (exact) mass is 386 g/mol. The van der Waals surface area contributed by atoms with Crippen LogP contribution in [0.4, 0.5) is 10.1 Å². The van der Waals surface area contributed by atoms with Gasteiger partial charge >= 0.3 is 0 Å². The minimum Gasteiger partial charge on any atom is -0.489 e. The van der Waals surface area contributed by atoms with Gasteiger partial charge in [0.15, 0.2) is 11.5 Å². The first-order chi connectivity index (χ1) is 13.6. The zero-order chi connectivity index (χ0) is 19.5. The number of hydrogen-bond acceptors (Lipinski definition) is 5. The first-order valence-electron chi connectivity index (χ1n) is 8.99. The normalized spacial score (nSPS) is 17.8. The second-order valence-electron chi connectivity index (χ2n) is 6.56. The molecule has 0 radical (unpaired) electrons. The molecule has 28 heavy (non-hydrogen) atoms. The van der Waals surface area contributed by atoms with Crippen LogP contribution >= 0.6 is 0 Å². The van der Waals surface area contributed by atoms with Crippen molar-refractivity contribution >= 4 is 17.5 Å². The molecule has 1 fully saturated rings. The average Bonchev–Trinajstić information content (AvgIpc) is 3.13. The van der Waals surface area contributed by atoms with Crippen molar-refractivity contribution in [1.82, 2.24) is 5.32 Å². The van der Waals surface area contributed by atoms with Gasteiger partial charge in [-0.2, -0.15) is 0 Å². The maximum atomic E-state index is 13.3. The molecule has 4 rings (SSSR count). The summed E-state index contributed by atoms with van der Waals surface area (Å²) in [6.45, 7) is 0.922.